The molecule has 0 radical (unpaired) electrons. The zero-order valence-corrected chi connectivity index (χ0v) is 8.44. The van der Waals surface area contributed by atoms with E-state index in [1.165, 1.54) is 0 Å². The highest BCUT2D eigenvalue weighted by molar-refractivity contribution is 9.10. The van der Waals surface area contributed by atoms with Gasteiger partial charge in [-0.2, -0.15) is 0 Å². The van der Waals surface area contributed by atoms with Gasteiger partial charge in [-0.3, -0.25) is 0 Å². The van der Waals surface area contributed by atoms with Crippen LogP contribution in [0.3, 0.4) is 0 Å². The van der Waals surface area contributed by atoms with Gasteiger partial charge in [0.05, 0.1) is 0 Å². The van der Waals surface area contributed by atoms with Gasteiger partial charge < -0.3 is 0 Å². The minimum Gasteiger partial charge on any atom is -0.207 e. The van der Waals surface area contributed by atoms with Crippen molar-refractivity contribution < 1.29 is 8.42 Å². The average Bonchev–Trinajstić information content (AvgIpc) is 2.29. The highest BCUT2D eigenvalue weighted by Gasteiger charge is 2.27. The number of nitrogens with one attached hydrogen (secondary N) is 1. The molecule has 1 N–H and O–H groups in total. The van der Waals surface area contributed by atoms with Crippen LogP contribution in [0.4, 0.5) is 0 Å². The third-order valence-electron chi connectivity index (χ3n) is 1.77. The molecule has 0 spiro atoms. The largest absolute Gasteiger partial charge is 0.242 e. The smallest absolute Gasteiger partial charge is 0.207 e. The van der Waals surface area contributed by atoms with Gasteiger partial charge in [-0.1, -0.05) is 12.1 Å². The molecule has 0 saturated heterocycles. The lowest BCUT2D eigenvalue weighted by molar-refractivity contribution is 0.589. The summed E-state index contributed by atoms with van der Waals surface area (Å²) in [6.07, 6.45) is 0. The average molecular weight is 248 g/mol. The van der Waals surface area contributed by atoms with Crippen LogP contribution in [0, 0.1) is 0 Å². The SMILES string of the molecule is O=S1(=O)NCc2cccc(Br)c21. The van der Waals surface area contributed by atoms with Crippen LogP contribution in [0.2, 0.25) is 0 Å². The highest BCUT2D eigenvalue weighted by atomic mass is 79.9. The maximum absolute atomic E-state index is 11.3. The van der Waals surface area contributed by atoms with E-state index in [-0.39, 0.29) is 0 Å². The second kappa shape index (κ2) is 2.55. The Labute approximate surface area is 79.0 Å². The molecule has 0 bridgehead atoms. The van der Waals surface area contributed by atoms with Crippen LogP contribution in [-0.2, 0) is 16.6 Å². The van der Waals surface area contributed by atoms with E-state index < -0.39 is 10.0 Å². The third-order valence-corrected chi connectivity index (χ3v) is 4.24. The minimum absolute atomic E-state index is 0.380. The lowest BCUT2D eigenvalue weighted by Gasteiger charge is -1.98. The van der Waals surface area contributed by atoms with E-state index in [0.717, 1.165) is 5.56 Å². The van der Waals surface area contributed by atoms with Crippen LogP contribution in [0.1, 0.15) is 5.56 Å². The summed E-state index contributed by atoms with van der Waals surface area (Å²) in [6, 6.07) is 5.35. The first-order chi connectivity index (χ1) is 5.61. The van der Waals surface area contributed by atoms with Crippen LogP contribution in [0.25, 0.3) is 0 Å². The van der Waals surface area contributed by atoms with Crippen molar-refractivity contribution in [3.8, 4) is 0 Å². The van der Waals surface area contributed by atoms with Gasteiger partial charge in [-0.15, -0.1) is 0 Å². The summed E-state index contributed by atoms with van der Waals surface area (Å²) in [6.45, 7) is 0.400. The molecule has 64 valence electrons. The van der Waals surface area contributed by atoms with E-state index in [0.29, 0.717) is 15.9 Å². The maximum Gasteiger partial charge on any atom is 0.242 e. The number of hydrogen-bond donors (Lipinski definition) is 1. The molecule has 5 heteroatoms. The monoisotopic (exact) mass is 247 g/mol. The van der Waals surface area contributed by atoms with E-state index in [9.17, 15) is 8.42 Å². The molecular weight excluding hydrogens is 242 g/mol. The van der Waals surface area contributed by atoms with Gasteiger partial charge >= 0.3 is 0 Å². The molecule has 1 aliphatic heterocycles. The van der Waals surface area contributed by atoms with Crippen molar-refractivity contribution in [1.29, 1.82) is 0 Å². The van der Waals surface area contributed by atoms with Crippen molar-refractivity contribution >= 4 is 26.0 Å². The number of halogens is 1. The van der Waals surface area contributed by atoms with Gasteiger partial charge in [0.15, 0.2) is 0 Å². The molecule has 0 aliphatic carbocycles. The first-order valence-electron chi connectivity index (χ1n) is 3.38. The number of hydrogen-bond acceptors (Lipinski definition) is 2. The molecule has 2 rings (SSSR count). The maximum atomic E-state index is 11.3. The van der Waals surface area contributed by atoms with Crippen molar-refractivity contribution in [2.45, 2.75) is 11.4 Å². The lowest BCUT2D eigenvalue weighted by Crippen LogP contribution is -2.14. The van der Waals surface area contributed by atoms with Crippen molar-refractivity contribution in [3.63, 3.8) is 0 Å². The van der Waals surface area contributed by atoms with E-state index in [4.69, 9.17) is 0 Å². The van der Waals surface area contributed by atoms with Crippen molar-refractivity contribution in [2.24, 2.45) is 0 Å². The molecule has 0 unspecified atom stereocenters. The summed E-state index contributed by atoms with van der Waals surface area (Å²) < 4.78 is 25.7. The van der Waals surface area contributed by atoms with Crippen LogP contribution < -0.4 is 4.72 Å². The Morgan fingerprint density at radius 1 is 1.42 bits per heavy atom. The fourth-order valence-electron chi connectivity index (χ4n) is 1.24. The predicted molar refractivity (Wildman–Crippen MR) is 48.2 cm³/mol. The summed E-state index contributed by atoms with van der Waals surface area (Å²) in [5.74, 6) is 0. The Kier molecular flexibility index (Phi) is 1.75. The first kappa shape index (κ1) is 8.22. The second-order valence-corrected chi connectivity index (χ2v) is 5.11. The quantitative estimate of drug-likeness (QED) is 0.750. The van der Waals surface area contributed by atoms with Gasteiger partial charge in [0, 0.05) is 11.0 Å². The fraction of sp³-hybridized carbons (Fsp3) is 0.143. The van der Waals surface area contributed by atoms with Crippen LogP contribution in [0.15, 0.2) is 27.6 Å². The molecule has 1 heterocycles. The summed E-state index contributed by atoms with van der Waals surface area (Å²) in [7, 11) is -3.23. The van der Waals surface area contributed by atoms with E-state index in [1.54, 1.807) is 12.1 Å². The van der Waals surface area contributed by atoms with Gasteiger partial charge in [-0.05, 0) is 27.6 Å². The molecule has 0 fully saturated rings. The Bertz CT molecular complexity index is 427. The molecule has 0 atom stereocenters. The Morgan fingerprint density at radius 2 is 2.17 bits per heavy atom. The number of benzene rings is 1. The fourth-order valence-corrected chi connectivity index (χ4v) is 3.59. The second-order valence-electron chi connectivity index (χ2n) is 2.55. The molecule has 12 heavy (non-hydrogen) atoms. The number of fused-ring (bicyclic) bond motifs is 1. The molecule has 1 aliphatic rings. The van der Waals surface area contributed by atoms with Gasteiger partial charge in [-0.25, -0.2) is 13.1 Å². The van der Waals surface area contributed by atoms with Crippen LogP contribution in [0.5, 0.6) is 0 Å². The topological polar surface area (TPSA) is 46.2 Å². The standard InChI is InChI=1S/C7H6BrNO2S/c8-6-3-1-2-5-4-9-12(10,11)7(5)6/h1-3,9H,4H2. The van der Waals surface area contributed by atoms with Crippen LogP contribution >= 0.6 is 15.9 Å². The van der Waals surface area contributed by atoms with Gasteiger partial charge in [0.2, 0.25) is 10.0 Å². The van der Waals surface area contributed by atoms with Crippen LogP contribution in [-0.4, -0.2) is 8.42 Å². The lowest BCUT2D eigenvalue weighted by atomic mass is 10.2. The summed E-state index contributed by atoms with van der Waals surface area (Å²) in [4.78, 5) is 0.380. The van der Waals surface area contributed by atoms with Gasteiger partial charge in [0.25, 0.3) is 0 Å². The minimum atomic E-state index is -3.23. The number of rotatable bonds is 0. The molecular formula is C7H6BrNO2S. The summed E-state index contributed by atoms with van der Waals surface area (Å²) >= 11 is 3.20. The molecule has 3 nitrogen and oxygen atoms in total. The molecule has 1 aromatic carbocycles. The van der Waals surface area contributed by atoms with Gasteiger partial charge in [0.1, 0.15) is 4.90 Å². The summed E-state index contributed by atoms with van der Waals surface area (Å²) in [5.41, 5.74) is 0.823. The molecule has 0 saturated carbocycles. The zero-order chi connectivity index (χ0) is 8.77. The summed E-state index contributed by atoms with van der Waals surface area (Å²) in [5, 5.41) is 0. The highest BCUT2D eigenvalue weighted by Crippen LogP contribution is 2.29. The molecule has 1 aromatic rings. The van der Waals surface area contributed by atoms with E-state index in [2.05, 4.69) is 20.7 Å². The first-order valence-corrected chi connectivity index (χ1v) is 5.66. The third kappa shape index (κ3) is 1.09. The molecule has 0 aromatic heterocycles. The molecule has 0 amide bonds. The number of sulfonamides is 1. The Balaban J connectivity index is 2.81. The van der Waals surface area contributed by atoms with E-state index >= 15 is 0 Å². The van der Waals surface area contributed by atoms with Crippen molar-refractivity contribution in [2.75, 3.05) is 0 Å². The Hall–Kier alpha value is -0.390. The Morgan fingerprint density at radius 3 is 2.83 bits per heavy atom. The van der Waals surface area contributed by atoms with Crippen molar-refractivity contribution in [1.82, 2.24) is 4.72 Å². The van der Waals surface area contributed by atoms with E-state index in [1.807, 2.05) is 6.07 Å². The zero-order valence-electron chi connectivity index (χ0n) is 6.04. The normalized spacial score (nSPS) is 19.1. The predicted octanol–water partition coefficient (Wildman–Crippen LogP) is 1.24. The van der Waals surface area contributed by atoms with Crippen molar-refractivity contribution in [3.05, 3.63) is 28.2 Å².